The second-order valence-corrected chi connectivity index (χ2v) is 12.0. The largest absolute Gasteiger partial charge is 0.483 e. The van der Waals surface area contributed by atoms with E-state index in [4.69, 9.17) is 4.74 Å². The van der Waals surface area contributed by atoms with Crippen molar-refractivity contribution in [1.82, 2.24) is 10.2 Å². The molecule has 0 radical (unpaired) electrons. The number of hydrogen-bond acceptors (Lipinski definition) is 3. The number of rotatable bonds is 7. The van der Waals surface area contributed by atoms with Gasteiger partial charge in [0.15, 0.2) is 6.61 Å². The fraction of sp³-hybridized carbons (Fsp3) is 0.462. The summed E-state index contributed by atoms with van der Waals surface area (Å²) in [5.74, 6) is 0.116. The maximum Gasteiger partial charge on any atom is 0.261 e. The Morgan fingerprint density at radius 2 is 1.70 bits per heavy atom. The van der Waals surface area contributed by atoms with Gasteiger partial charge in [0.25, 0.3) is 5.91 Å². The fourth-order valence-corrected chi connectivity index (χ4v) is 4.14. The molecule has 7 heteroatoms. The molecule has 0 unspecified atom stereocenters. The third-order valence-electron chi connectivity index (χ3n) is 5.06. The number of halogens is 2. The van der Waals surface area contributed by atoms with Crippen LogP contribution in [0.3, 0.4) is 0 Å². The predicted molar refractivity (Wildman–Crippen MR) is 140 cm³/mol. The highest BCUT2D eigenvalue weighted by atomic mass is 79.9. The maximum absolute atomic E-state index is 13.2. The van der Waals surface area contributed by atoms with Gasteiger partial charge in [-0.2, -0.15) is 0 Å². The summed E-state index contributed by atoms with van der Waals surface area (Å²) >= 11 is 7.03. The van der Waals surface area contributed by atoms with Gasteiger partial charge in [0.2, 0.25) is 5.91 Å². The molecule has 0 heterocycles. The third-order valence-corrected chi connectivity index (χ3v) is 6.17. The van der Waals surface area contributed by atoms with Crippen LogP contribution in [0.5, 0.6) is 5.75 Å². The van der Waals surface area contributed by atoms with Crippen molar-refractivity contribution in [2.45, 2.75) is 72.0 Å². The average molecular weight is 582 g/mol. The summed E-state index contributed by atoms with van der Waals surface area (Å²) in [6.07, 6.45) is 0. The lowest BCUT2D eigenvalue weighted by Crippen LogP contribution is -2.53. The monoisotopic (exact) mass is 580 g/mol. The van der Waals surface area contributed by atoms with Crippen LogP contribution >= 0.6 is 31.9 Å². The summed E-state index contributed by atoms with van der Waals surface area (Å²) in [6, 6.07) is 12.9. The molecule has 0 saturated heterocycles. The molecule has 5 nitrogen and oxygen atoms in total. The Kier molecular flexibility index (Phi) is 9.16. The minimum absolute atomic E-state index is 0.00741. The van der Waals surface area contributed by atoms with Crippen LogP contribution in [-0.4, -0.2) is 34.9 Å². The molecule has 1 N–H and O–H groups in total. The van der Waals surface area contributed by atoms with Crippen LogP contribution in [0.15, 0.2) is 51.4 Å². The van der Waals surface area contributed by atoms with E-state index in [1.807, 2.05) is 63.2 Å². The number of carbonyl (C=O) groups is 2. The normalized spacial score (nSPS) is 12.8. The van der Waals surface area contributed by atoms with E-state index in [1.165, 1.54) is 0 Å². The van der Waals surface area contributed by atoms with E-state index in [1.54, 1.807) is 11.8 Å². The lowest BCUT2D eigenvalue weighted by atomic mass is 9.87. The van der Waals surface area contributed by atoms with Crippen molar-refractivity contribution < 1.29 is 14.3 Å². The van der Waals surface area contributed by atoms with E-state index in [0.717, 1.165) is 20.1 Å². The van der Waals surface area contributed by atoms with Gasteiger partial charge in [0.05, 0.1) is 4.47 Å². The first kappa shape index (κ1) is 27.4. The van der Waals surface area contributed by atoms with E-state index in [2.05, 4.69) is 57.9 Å². The molecule has 2 amide bonds. The Hall–Kier alpha value is -1.86. The summed E-state index contributed by atoms with van der Waals surface area (Å²) in [5.41, 5.74) is 1.69. The molecule has 1 atom stereocenters. The minimum atomic E-state index is -0.661. The van der Waals surface area contributed by atoms with Gasteiger partial charge in [-0.15, -0.1) is 0 Å². The quantitative estimate of drug-likeness (QED) is 0.422. The van der Waals surface area contributed by atoms with Crippen LogP contribution in [0.2, 0.25) is 0 Å². The molecule has 0 aliphatic heterocycles. The second kappa shape index (κ2) is 11.0. The first-order valence-electron chi connectivity index (χ1n) is 11.0. The lowest BCUT2D eigenvalue weighted by Gasteiger charge is -2.31. The van der Waals surface area contributed by atoms with Crippen LogP contribution in [0.25, 0.3) is 0 Å². The molecule has 33 heavy (non-hydrogen) atoms. The number of nitrogens with zero attached hydrogens (tertiary/aromatic N) is 1. The van der Waals surface area contributed by atoms with Gasteiger partial charge in [-0.25, -0.2) is 0 Å². The molecule has 2 aromatic carbocycles. The van der Waals surface area contributed by atoms with Gasteiger partial charge in [-0.05, 0) is 84.4 Å². The van der Waals surface area contributed by atoms with Crippen molar-refractivity contribution in [1.29, 1.82) is 0 Å². The minimum Gasteiger partial charge on any atom is -0.483 e. The smallest absolute Gasteiger partial charge is 0.261 e. The van der Waals surface area contributed by atoms with E-state index in [-0.39, 0.29) is 23.8 Å². The summed E-state index contributed by atoms with van der Waals surface area (Å²) in [7, 11) is 0. The van der Waals surface area contributed by atoms with Crippen molar-refractivity contribution in [3.8, 4) is 5.75 Å². The van der Waals surface area contributed by atoms with Crippen molar-refractivity contribution in [3.63, 3.8) is 0 Å². The Balaban J connectivity index is 2.21. The van der Waals surface area contributed by atoms with Crippen molar-refractivity contribution >= 4 is 43.7 Å². The Labute approximate surface area is 214 Å². The molecule has 2 aromatic rings. The van der Waals surface area contributed by atoms with Gasteiger partial charge in [-0.3, -0.25) is 9.59 Å². The molecule has 2 rings (SSSR count). The number of hydrogen-bond donors (Lipinski definition) is 1. The van der Waals surface area contributed by atoms with Gasteiger partial charge in [-0.1, -0.05) is 54.9 Å². The van der Waals surface area contributed by atoms with Gasteiger partial charge in [0.1, 0.15) is 11.8 Å². The van der Waals surface area contributed by atoms with Crippen LogP contribution < -0.4 is 10.1 Å². The Morgan fingerprint density at radius 1 is 1.03 bits per heavy atom. The molecule has 0 bridgehead atoms. The number of carbonyl (C=O) groups excluding carboxylic acids is 2. The summed E-state index contributed by atoms with van der Waals surface area (Å²) < 4.78 is 7.57. The summed E-state index contributed by atoms with van der Waals surface area (Å²) in [6.45, 7) is 14.0. The molecule has 0 spiro atoms. The van der Waals surface area contributed by atoms with Gasteiger partial charge < -0.3 is 15.0 Å². The molecule has 0 fully saturated rings. The van der Waals surface area contributed by atoms with Gasteiger partial charge >= 0.3 is 0 Å². The standard InChI is InChI=1S/C26H34Br2N2O3/c1-17(24(32)29-26(5,6)7)30(15-18-9-8-10-20(27)13-18)23(31)16-33-22-12-11-19(14-21(22)28)25(2,3)4/h8-14,17H,15-16H2,1-7H3,(H,29,32)/t17-/m0/s1. The number of nitrogens with one attached hydrogen (secondary N) is 1. The molecule has 180 valence electrons. The molecule has 0 aliphatic carbocycles. The number of benzene rings is 2. The molecular weight excluding hydrogens is 548 g/mol. The lowest BCUT2D eigenvalue weighted by molar-refractivity contribution is -0.142. The molecule has 0 aliphatic rings. The number of ether oxygens (including phenoxy) is 1. The Bertz CT molecular complexity index is 994. The first-order valence-corrected chi connectivity index (χ1v) is 12.5. The highest BCUT2D eigenvalue weighted by Crippen LogP contribution is 2.31. The van der Waals surface area contributed by atoms with E-state index in [9.17, 15) is 9.59 Å². The van der Waals surface area contributed by atoms with Crippen molar-refractivity contribution in [2.24, 2.45) is 0 Å². The van der Waals surface area contributed by atoms with Crippen LogP contribution in [0, 0.1) is 0 Å². The molecular formula is C26H34Br2N2O3. The van der Waals surface area contributed by atoms with E-state index < -0.39 is 11.6 Å². The van der Waals surface area contributed by atoms with Crippen LogP contribution in [0.1, 0.15) is 59.6 Å². The highest BCUT2D eigenvalue weighted by molar-refractivity contribution is 9.10. The predicted octanol–water partition coefficient (Wildman–Crippen LogP) is 6.22. The van der Waals surface area contributed by atoms with Crippen LogP contribution in [0.4, 0.5) is 0 Å². The zero-order valence-corrected chi connectivity index (χ0v) is 23.6. The zero-order valence-electron chi connectivity index (χ0n) is 20.5. The van der Waals surface area contributed by atoms with E-state index >= 15 is 0 Å². The van der Waals surface area contributed by atoms with Crippen LogP contribution in [-0.2, 0) is 21.5 Å². The zero-order chi connectivity index (χ0) is 25.0. The topological polar surface area (TPSA) is 58.6 Å². The summed E-state index contributed by atoms with van der Waals surface area (Å²) in [4.78, 5) is 27.7. The first-order chi connectivity index (χ1) is 15.2. The second-order valence-electron chi connectivity index (χ2n) is 10.3. The molecule has 0 saturated carbocycles. The maximum atomic E-state index is 13.2. The number of amides is 2. The SMILES string of the molecule is C[C@@H](C(=O)NC(C)(C)C)N(Cc1cccc(Br)c1)C(=O)COc1ccc(C(C)(C)C)cc1Br. The van der Waals surface area contributed by atoms with Gasteiger partial charge in [0, 0.05) is 16.6 Å². The highest BCUT2D eigenvalue weighted by Gasteiger charge is 2.29. The molecule has 0 aromatic heterocycles. The third kappa shape index (κ3) is 8.45. The average Bonchev–Trinajstić information content (AvgIpc) is 2.68. The van der Waals surface area contributed by atoms with Crippen molar-refractivity contribution in [2.75, 3.05) is 6.61 Å². The Morgan fingerprint density at radius 3 is 2.24 bits per heavy atom. The summed E-state index contributed by atoms with van der Waals surface area (Å²) in [5, 5.41) is 2.96. The van der Waals surface area contributed by atoms with Crippen molar-refractivity contribution in [3.05, 3.63) is 62.5 Å². The van der Waals surface area contributed by atoms with E-state index in [0.29, 0.717) is 12.3 Å². The fourth-order valence-electron chi connectivity index (χ4n) is 3.20.